The van der Waals surface area contributed by atoms with E-state index in [0.29, 0.717) is 12.8 Å². The van der Waals surface area contributed by atoms with E-state index in [-0.39, 0.29) is 11.4 Å². The molecule has 0 bridgehead atoms. The van der Waals surface area contributed by atoms with Crippen LogP contribution in [-0.2, 0) is 4.74 Å². The number of furan rings is 1. The Morgan fingerprint density at radius 3 is 2.24 bits per heavy atom. The highest BCUT2D eigenvalue weighted by atomic mass is 16.5. The normalized spacial score (nSPS) is 11.9. The van der Waals surface area contributed by atoms with Crippen LogP contribution in [0.4, 0.5) is 0 Å². The Morgan fingerprint density at radius 1 is 1.24 bits per heavy atom. The quantitative estimate of drug-likeness (QED) is 0.736. The van der Waals surface area contributed by atoms with Gasteiger partial charge in [0.25, 0.3) is 0 Å². The van der Waals surface area contributed by atoms with Crippen molar-refractivity contribution < 1.29 is 13.9 Å². The van der Waals surface area contributed by atoms with E-state index in [1.54, 1.807) is 7.11 Å². The number of ketones is 1. The van der Waals surface area contributed by atoms with Gasteiger partial charge in [0, 0.05) is 19.1 Å². The van der Waals surface area contributed by atoms with E-state index in [1.165, 1.54) is 0 Å². The molecule has 0 atom stereocenters. The first-order chi connectivity index (χ1) is 7.78. The van der Waals surface area contributed by atoms with Crippen molar-refractivity contribution in [3.63, 3.8) is 0 Å². The van der Waals surface area contributed by atoms with E-state index >= 15 is 0 Å². The molecule has 0 saturated carbocycles. The van der Waals surface area contributed by atoms with E-state index < -0.39 is 0 Å². The van der Waals surface area contributed by atoms with E-state index in [4.69, 9.17) is 9.15 Å². The second-order valence-corrected chi connectivity index (χ2v) is 5.10. The van der Waals surface area contributed by atoms with Gasteiger partial charge in [-0.25, -0.2) is 0 Å². The molecule has 1 aromatic heterocycles. The number of rotatable bonds is 5. The number of Topliss-reactive ketones (excluding diaryl/α,β-unsaturated/α-hetero) is 1. The van der Waals surface area contributed by atoms with Crippen LogP contribution in [-0.4, -0.2) is 18.5 Å². The maximum absolute atomic E-state index is 12.1. The molecular weight excluding hydrogens is 216 g/mol. The molecule has 0 unspecified atom stereocenters. The molecular formula is C14H22O3. The molecule has 1 rings (SSSR count). The van der Waals surface area contributed by atoms with Crippen LogP contribution in [0.1, 0.15) is 54.1 Å². The number of hydrogen-bond donors (Lipinski definition) is 0. The van der Waals surface area contributed by atoms with Crippen molar-refractivity contribution in [2.24, 2.45) is 0 Å². The second kappa shape index (κ2) is 5.05. The lowest BCUT2D eigenvalue weighted by Gasteiger charge is -2.22. The fraction of sp³-hybridized carbons (Fsp3) is 0.643. The summed E-state index contributed by atoms with van der Waals surface area (Å²) < 4.78 is 10.8. The molecule has 0 aliphatic rings. The number of aryl methyl sites for hydroxylation is 2. The smallest absolute Gasteiger partial charge is 0.166 e. The summed E-state index contributed by atoms with van der Waals surface area (Å²) in [5.74, 6) is 1.69. The van der Waals surface area contributed by atoms with Crippen molar-refractivity contribution in [1.29, 1.82) is 0 Å². The SMILES string of the molecule is COC(C)(C)CCC(=O)c1c(C)oc(C)c1C. The molecule has 0 radical (unpaired) electrons. The molecule has 1 heterocycles. The summed E-state index contributed by atoms with van der Waals surface area (Å²) in [6.45, 7) is 9.63. The molecule has 1 aromatic rings. The summed E-state index contributed by atoms with van der Waals surface area (Å²) in [5.41, 5.74) is 1.45. The van der Waals surface area contributed by atoms with E-state index in [2.05, 4.69) is 0 Å². The van der Waals surface area contributed by atoms with Gasteiger partial charge >= 0.3 is 0 Å². The van der Waals surface area contributed by atoms with Crippen molar-refractivity contribution in [2.75, 3.05) is 7.11 Å². The van der Waals surface area contributed by atoms with Crippen LogP contribution in [0.3, 0.4) is 0 Å². The lowest BCUT2D eigenvalue weighted by molar-refractivity contribution is 0.0141. The average molecular weight is 238 g/mol. The minimum Gasteiger partial charge on any atom is -0.466 e. The molecule has 0 aromatic carbocycles. The van der Waals surface area contributed by atoms with Crippen LogP contribution < -0.4 is 0 Å². The van der Waals surface area contributed by atoms with Gasteiger partial charge < -0.3 is 9.15 Å². The van der Waals surface area contributed by atoms with Crippen molar-refractivity contribution >= 4 is 5.78 Å². The Balaban J connectivity index is 2.78. The van der Waals surface area contributed by atoms with Crippen molar-refractivity contribution in [3.8, 4) is 0 Å². The molecule has 3 nitrogen and oxygen atoms in total. The third kappa shape index (κ3) is 3.19. The highest BCUT2D eigenvalue weighted by molar-refractivity contribution is 5.98. The van der Waals surface area contributed by atoms with E-state index in [9.17, 15) is 4.79 Å². The number of methoxy groups -OCH3 is 1. The summed E-state index contributed by atoms with van der Waals surface area (Å²) in [4.78, 5) is 12.1. The summed E-state index contributed by atoms with van der Waals surface area (Å²) in [6.07, 6.45) is 1.20. The van der Waals surface area contributed by atoms with E-state index in [1.807, 2.05) is 34.6 Å². The second-order valence-electron chi connectivity index (χ2n) is 5.10. The Morgan fingerprint density at radius 2 is 1.82 bits per heavy atom. The molecule has 96 valence electrons. The Labute approximate surface area is 103 Å². The summed E-state index contributed by atoms with van der Waals surface area (Å²) >= 11 is 0. The fourth-order valence-corrected chi connectivity index (χ4v) is 1.84. The summed E-state index contributed by atoms with van der Waals surface area (Å²) in [5, 5.41) is 0. The molecule has 0 fully saturated rings. The highest BCUT2D eigenvalue weighted by Gasteiger charge is 2.22. The Bertz CT molecular complexity index is 413. The Kier molecular flexibility index (Phi) is 4.15. The zero-order chi connectivity index (χ0) is 13.2. The summed E-state index contributed by atoms with van der Waals surface area (Å²) in [7, 11) is 1.67. The first-order valence-corrected chi connectivity index (χ1v) is 5.93. The van der Waals surface area contributed by atoms with Gasteiger partial charge in [-0.15, -0.1) is 0 Å². The molecule has 0 spiro atoms. The zero-order valence-electron chi connectivity index (χ0n) is 11.6. The van der Waals surface area contributed by atoms with Gasteiger partial charge in [-0.05, 0) is 41.0 Å². The van der Waals surface area contributed by atoms with Crippen LogP contribution in [0.15, 0.2) is 4.42 Å². The standard InChI is InChI=1S/C14H22O3/c1-9-10(2)17-11(3)13(9)12(15)7-8-14(4,5)16-6/h7-8H2,1-6H3. The molecule has 0 saturated heterocycles. The molecule has 0 amide bonds. The van der Waals surface area contributed by atoms with Crippen LogP contribution in [0, 0.1) is 20.8 Å². The molecule has 0 aliphatic carbocycles. The predicted octanol–water partition coefficient (Wildman–Crippen LogP) is 3.59. The first kappa shape index (κ1) is 14.0. The molecule has 0 N–H and O–H groups in total. The average Bonchev–Trinajstić information content (AvgIpc) is 2.50. The van der Waals surface area contributed by atoms with Crippen molar-refractivity contribution in [1.82, 2.24) is 0 Å². The van der Waals surface area contributed by atoms with Crippen molar-refractivity contribution in [3.05, 3.63) is 22.6 Å². The lowest BCUT2D eigenvalue weighted by Crippen LogP contribution is -2.23. The molecule has 0 aliphatic heterocycles. The van der Waals surface area contributed by atoms with Gasteiger partial charge in [0.1, 0.15) is 11.5 Å². The first-order valence-electron chi connectivity index (χ1n) is 5.93. The number of ether oxygens (including phenoxy) is 1. The maximum Gasteiger partial charge on any atom is 0.166 e. The monoisotopic (exact) mass is 238 g/mol. The fourth-order valence-electron chi connectivity index (χ4n) is 1.84. The largest absolute Gasteiger partial charge is 0.466 e. The van der Waals surface area contributed by atoms with Gasteiger partial charge in [0.05, 0.1) is 11.2 Å². The third-order valence-corrected chi connectivity index (χ3v) is 3.35. The summed E-state index contributed by atoms with van der Waals surface area (Å²) in [6, 6.07) is 0. The van der Waals surface area contributed by atoms with Gasteiger partial charge in [-0.2, -0.15) is 0 Å². The van der Waals surface area contributed by atoms with Gasteiger partial charge in [0.2, 0.25) is 0 Å². The molecule has 17 heavy (non-hydrogen) atoms. The molecule has 3 heteroatoms. The van der Waals surface area contributed by atoms with Gasteiger partial charge in [0.15, 0.2) is 5.78 Å². The zero-order valence-corrected chi connectivity index (χ0v) is 11.6. The lowest BCUT2D eigenvalue weighted by atomic mass is 9.96. The maximum atomic E-state index is 12.1. The minimum absolute atomic E-state index is 0.141. The van der Waals surface area contributed by atoms with Crippen LogP contribution in [0.5, 0.6) is 0 Å². The third-order valence-electron chi connectivity index (χ3n) is 3.35. The highest BCUT2D eigenvalue weighted by Crippen LogP contribution is 2.24. The van der Waals surface area contributed by atoms with Crippen LogP contribution in [0.25, 0.3) is 0 Å². The van der Waals surface area contributed by atoms with Crippen molar-refractivity contribution in [2.45, 2.75) is 53.1 Å². The topological polar surface area (TPSA) is 39.4 Å². The number of hydrogen-bond acceptors (Lipinski definition) is 3. The number of carbonyl (C=O) groups is 1. The minimum atomic E-state index is -0.254. The van der Waals surface area contributed by atoms with E-state index in [0.717, 1.165) is 22.6 Å². The van der Waals surface area contributed by atoms with Gasteiger partial charge in [-0.3, -0.25) is 4.79 Å². The Hall–Kier alpha value is -1.09. The van der Waals surface area contributed by atoms with Crippen LogP contribution >= 0.6 is 0 Å². The number of carbonyl (C=O) groups excluding carboxylic acids is 1. The van der Waals surface area contributed by atoms with Crippen LogP contribution in [0.2, 0.25) is 0 Å². The van der Waals surface area contributed by atoms with Gasteiger partial charge in [-0.1, -0.05) is 0 Å². The predicted molar refractivity (Wildman–Crippen MR) is 67.6 cm³/mol.